The molecule has 1 aromatic heterocycles. The molecule has 3 N–H and O–H groups in total. The molecule has 26 heavy (non-hydrogen) atoms. The Kier molecular flexibility index (Phi) is 10.0. The van der Waals surface area contributed by atoms with E-state index >= 15 is 0 Å². The van der Waals surface area contributed by atoms with Crippen LogP contribution in [0.4, 0.5) is 0 Å². The van der Waals surface area contributed by atoms with Gasteiger partial charge in [0.15, 0.2) is 11.5 Å². The average molecular weight is 400 g/mol. The van der Waals surface area contributed by atoms with Crippen molar-refractivity contribution in [1.82, 2.24) is 10.3 Å². The predicted molar refractivity (Wildman–Crippen MR) is 107 cm³/mol. The summed E-state index contributed by atoms with van der Waals surface area (Å²) in [6.07, 6.45) is 2.77. The van der Waals surface area contributed by atoms with E-state index in [2.05, 4.69) is 17.2 Å². The highest BCUT2D eigenvalue weighted by atomic mass is 35.5. The Morgan fingerprint density at radius 2 is 2.15 bits per heavy atom. The fourth-order valence-corrected chi connectivity index (χ4v) is 2.99. The lowest BCUT2D eigenvalue weighted by Gasteiger charge is -2.12. The van der Waals surface area contributed by atoms with Crippen LogP contribution in [0.5, 0.6) is 11.5 Å². The number of nitrogens with one attached hydrogen (secondary N) is 1. The molecule has 0 radical (unpaired) electrons. The van der Waals surface area contributed by atoms with Gasteiger partial charge in [0, 0.05) is 18.3 Å². The zero-order valence-corrected chi connectivity index (χ0v) is 16.8. The number of ether oxygens (including phenoxy) is 2. The van der Waals surface area contributed by atoms with E-state index in [4.69, 9.17) is 15.2 Å². The molecule has 0 bridgehead atoms. The van der Waals surface area contributed by atoms with Gasteiger partial charge in [-0.1, -0.05) is 19.4 Å². The van der Waals surface area contributed by atoms with Gasteiger partial charge in [0.05, 0.1) is 18.7 Å². The summed E-state index contributed by atoms with van der Waals surface area (Å²) in [5.41, 5.74) is 6.87. The molecule has 8 heteroatoms. The van der Waals surface area contributed by atoms with Crippen LogP contribution in [0.15, 0.2) is 23.6 Å². The lowest BCUT2D eigenvalue weighted by molar-refractivity contribution is 0.0946. The first kappa shape index (κ1) is 22.2. The van der Waals surface area contributed by atoms with Crippen molar-refractivity contribution < 1.29 is 14.3 Å². The summed E-state index contributed by atoms with van der Waals surface area (Å²) >= 11 is 1.45. The largest absolute Gasteiger partial charge is 0.493 e. The molecule has 1 aromatic carbocycles. The first-order valence-electron chi connectivity index (χ1n) is 8.40. The third-order valence-corrected chi connectivity index (χ3v) is 4.49. The van der Waals surface area contributed by atoms with Gasteiger partial charge in [-0.2, -0.15) is 0 Å². The number of carbonyl (C=O) groups excluding carboxylic acids is 1. The maximum atomic E-state index is 12.2. The second-order valence-corrected chi connectivity index (χ2v) is 6.48. The number of amides is 1. The van der Waals surface area contributed by atoms with Gasteiger partial charge in [0.2, 0.25) is 0 Å². The second-order valence-electron chi connectivity index (χ2n) is 5.54. The number of nitrogens with zero attached hydrogens (tertiary/aromatic N) is 1. The van der Waals surface area contributed by atoms with Gasteiger partial charge in [-0.3, -0.25) is 4.79 Å². The van der Waals surface area contributed by atoms with Crippen molar-refractivity contribution in [3.63, 3.8) is 0 Å². The van der Waals surface area contributed by atoms with Crippen LogP contribution in [-0.2, 0) is 13.0 Å². The van der Waals surface area contributed by atoms with Gasteiger partial charge in [0.1, 0.15) is 5.69 Å². The Bertz CT molecular complexity index is 694. The molecule has 1 amide bonds. The maximum Gasteiger partial charge on any atom is 0.271 e. The summed E-state index contributed by atoms with van der Waals surface area (Å²) in [4.78, 5) is 16.5. The molecular formula is C18H26ClN3O3S. The Morgan fingerprint density at radius 1 is 1.35 bits per heavy atom. The third-order valence-electron chi connectivity index (χ3n) is 3.58. The molecule has 144 valence electrons. The van der Waals surface area contributed by atoms with Crippen molar-refractivity contribution in [1.29, 1.82) is 0 Å². The van der Waals surface area contributed by atoms with Crippen LogP contribution in [0.3, 0.4) is 0 Å². The van der Waals surface area contributed by atoms with E-state index in [1.807, 2.05) is 18.2 Å². The number of benzene rings is 1. The highest BCUT2D eigenvalue weighted by Gasteiger charge is 2.11. The van der Waals surface area contributed by atoms with E-state index in [1.165, 1.54) is 11.3 Å². The van der Waals surface area contributed by atoms with Crippen molar-refractivity contribution >= 4 is 29.7 Å². The first-order chi connectivity index (χ1) is 12.2. The van der Waals surface area contributed by atoms with Gasteiger partial charge in [-0.15, -0.1) is 23.7 Å². The van der Waals surface area contributed by atoms with E-state index in [9.17, 15) is 4.79 Å². The topological polar surface area (TPSA) is 86.5 Å². The number of aromatic nitrogens is 1. The van der Waals surface area contributed by atoms with Crippen molar-refractivity contribution in [2.45, 2.75) is 32.7 Å². The summed E-state index contributed by atoms with van der Waals surface area (Å²) in [7, 11) is 1.61. The number of hydrogen-bond acceptors (Lipinski definition) is 6. The minimum absolute atomic E-state index is 0. The van der Waals surface area contributed by atoms with Gasteiger partial charge >= 0.3 is 0 Å². The Morgan fingerprint density at radius 3 is 2.85 bits per heavy atom. The number of halogens is 1. The lowest BCUT2D eigenvalue weighted by atomic mass is 10.2. The van der Waals surface area contributed by atoms with Gasteiger partial charge in [0.25, 0.3) is 5.91 Å². The van der Waals surface area contributed by atoms with Crippen molar-refractivity contribution in [2.75, 3.05) is 20.3 Å². The smallest absolute Gasteiger partial charge is 0.271 e. The Balaban J connectivity index is 0.00000338. The Labute approximate surface area is 164 Å². The molecule has 0 saturated carbocycles. The van der Waals surface area contributed by atoms with Crippen molar-refractivity contribution in [2.24, 2.45) is 5.73 Å². The summed E-state index contributed by atoms with van der Waals surface area (Å²) in [6, 6.07) is 5.67. The number of hydrogen-bond donors (Lipinski definition) is 2. The fourth-order valence-electron chi connectivity index (χ4n) is 2.19. The lowest BCUT2D eigenvalue weighted by Crippen LogP contribution is -2.23. The molecule has 0 unspecified atom stereocenters. The molecule has 2 rings (SSSR count). The fraction of sp³-hybridized carbons (Fsp3) is 0.444. The molecule has 0 atom stereocenters. The summed E-state index contributed by atoms with van der Waals surface area (Å²) < 4.78 is 11.1. The van der Waals surface area contributed by atoms with Gasteiger partial charge < -0.3 is 20.5 Å². The summed E-state index contributed by atoms with van der Waals surface area (Å²) in [5, 5.41) is 5.50. The molecule has 0 aliphatic rings. The number of unbranched alkanes of at least 4 members (excludes halogenated alkanes) is 1. The summed E-state index contributed by atoms with van der Waals surface area (Å²) in [5.74, 6) is 1.19. The SMILES string of the molecule is CCCCOc1ccc(CNC(=O)c2csc(CCN)n2)cc1OC.Cl. The highest BCUT2D eigenvalue weighted by molar-refractivity contribution is 7.09. The van der Waals surface area contributed by atoms with Crippen LogP contribution in [0, 0.1) is 0 Å². The van der Waals surface area contributed by atoms with Gasteiger partial charge in [-0.25, -0.2) is 4.98 Å². The minimum atomic E-state index is -0.193. The number of thiazole rings is 1. The van der Waals surface area contributed by atoms with E-state index in [1.54, 1.807) is 12.5 Å². The molecule has 0 spiro atoms. The first-order valence-corrected chi connectivity index (χ1v) is 9.28. The van der Waals surface area contributed by atoms with Crippen LogP contribution in [0.2, 0.25) is 0 Å². The minimum Gasteiger partial charge on any atom is -0.493 e. The van der Waals surface area contributed by atoms with Crippen LogP contribution in [0.25, 0.3) is 0 Å². The van der Waals surface area contributed by atoms with Gasteiger partial charge in [-0.05, 0) is 30.7 Å². The number of rotatable bonds is 10. The molecule has 0 fully saturated rings. The Hall–Kier alpha value is -1.83. The molecule has 6 nitrogen and oxygen atoms in total. The molecular weight excluding hydrogens is 374 g/mol. The zero-order chi connectivity index (χ0) is 18.1. The molecule has 0 saturated heterocycles. The highest BCUT2D eigenvalue weighted by Crippen LogP contribution is 2.28. The summed E-state index contributed by atoms with van der Waals surface area (Å²) in [6.45, 7) is 3.71. The molecule has 0 aliphatic heterocycles. The van der Waals surface area contributed by atoms with Crippen LogP contribution >= 0.6 is 23.7 Å². The van der Waals surface area contributed by atoms with E-state index in [-0.39, 0.29) is 18.3 Å². The number of nitrogens with two attached hydrogens (primary N) is 1. The normalized spacial score (nSPS) is 10.1. The van der Waals surface area contributed by atoms with Crippen molar-refractivity contribution in [3.8, 4) is 11.5 Å². The quantitative estimate of drug-likeness (QED) is 0.599. The van der Waals surface area contributed by atoms with E-state index in [0.717, 1.165) is 29.2 Å². The third kappa shape index (κ3) is 6.48. The van der Waals surface area contributed by atoms with E-state index < -0.39 is 0 Å². The van der Waals surface area contributed by atoms with E-state index in [0.29, 0.717) is 37.6 Å². The molecule has 1 heterocycles. The number of methoxy groups -OCH3 is 1. The van der Waals surface area contributed by atoms with Crippen LogP contribution in [-0.4, -0.2) is 31.2 Å². The van der Waals surface area contributed by atoms with Crippen LogP contribution in [0.1, 0.15) is 40.8 Å². The number of carbonyl (C=O) groups is 1. The second kappa shape index (κ2) is 11.7. The monoisotopic (exact) mass is 399 g/mol. The molecule has 0 aliphatic carbocycles. The zero-order valence-electron chi connectivity index (χ0n) is 15.1. The maximum absolute atomic E-state index is 12.2. The predicted octanol–water partition coefficient (Wildman–Crippen LogP) is 3.18. The molecule has 2 aromatic rings. The van der Waals surface area contributed by atoms with Crippen LogP contribution < -0.4 is 20.5 Å². The van der Waals surface area contributed by atoms with Crippen molar-refractivity contribution in [3.05, 3.63) is 39.8 Å². The standard InChI is InChI=1S/C18H25N3O3S.ClH/c1-3-4-9-24-15-6-5-13(10-16(15)23-2)11-20-18(22)14-12-25-17(21-14)7-8-19;/h5-6,10,12H,3-4,7-9,11,19H2,1-2H3,(H,20,22);1H. The average Bonchev–Trinajstić information content (AvgIpc) is 3.09.